The largest absolute Gasteiger partial charge is 0.523 e. The van der Waals surface area contributed by atoms with E-state index in [1.54, 1.807) is 0 Å². The first-order valence-electron chi connectivity index (χ1n) is 6.55. The Bertz CT molecular complexity index is 208. The van der Waals surface area contributed by atoms with Gasteiger partial charge in [-0.25, -0.2) is 0 Å². The summed E-state index contributed by atoms with van der Waals surface area (Å²) in [5.41, 5.74) is 0. The summed E-state index contributed by atoms with van der Waals surface area (Å²) in [5.74, 6) is 1.80. The van der Waals surface area contributed by atoms with Crippen molar-refractivity contribution in [3.63, 3.8) is 0 Å². The van der Waals surface area contributed by atoms with Crippen molar-refractivity contribution >= 4 is 9.28 Å². The minimum absolute atomic E-state index is 0.735. The number of rotatable bonds is 5. The van der Waals surface area contributed by atoms with E-state index in [1.165, 1.54) is 38.5 Å². The van der Waals surface area contributed by atoms with Crippen molar-refractivity contribution in [2.45, 2.75) is 58.9 Å². The van der Waals surface area contributed by atoms with E-state index in [2.05, 4.69) is 19.5 Å². The molecule has 1 radical (unpaired) electrons. The minimum atomic E-state index is -1.07. The second kappa shape index (κ2) is 7.90. The second-order valence-electron chi connectivity index (χ2n) is 4.56. The first kappa shape index (κ1) is 13.8. The van der Waals surface area contributed by atoms with Crippen LogP contribution in [-0.4, -0.2) is 15.9 Å². The molecule has 0 saturated heterocycles. The molecule has 0 unspecified atom stereocenters. The fourth-order valence-corrected chi connectivity index (χ4v) is 3.29. The van der Waals surface area contributed by atoms with Crippen molar-refractivity contribution in [1.82, 2.24) is 0 Å². The molecule has 1 fully saturated rings. The second-order valence-corrected chi connectivity index (χ2v) is 6.03. The predicted molar refractivity (Wildman–Crippen MR) is 69.3 cm³/mol. The Morgan fingerprint density at radius 1 is 1.25 bits per heavy atom. The lowest BCUT2D eigenvalue weighted by Gasteiger charge is -2.14. The van der Waals surface area contributed by atoms with E-state index < -0.39 is 9.28 Å². The molecule has 0 aromatic rings. The fourth-order valence-electron chi connectivity index (χ4n) is 2.30. The monoisotopic (exact) mass is 241 g/mol. The van der Waals surface area contributed by atoms with Crippen LogP contribution in [0.25, 0.3) is 0 Å². The Balaban J connectivity index is 2.35. The molecule has 0 amide bonds. The van der Waals surface area contributed by atoms with Crippen molar-refractivity contribution in [2.75, 3.05) is 6.61 Å². The third kappa shape index (κ3) is 5.71. The standard InChI is InChI=1S/C13H25O2Si/c1-4-14-16(3)15-12(2)11-13-9-7-5-6-8-10-13/h11,13H,4-10H2,1-3H3. The average molecular weight is 241 g/mol. The van der Waals surface area contributed by atoms with Gasteiger partial charge >= 0.3 is 9.28 Å². The molecule has 2 nitrogen and oxygen atoms in total. The van der Waals surface area contributed by atoms with Crippen molar-refractivity contribution < 1.29 is 8.85 Å². The van der Waals surface area contributed by atoms with Crippen LogP contribution in [0.4, 0.5) is 0 Å². The Morgan fingerprint density at radius 2 is 1.88 bits per heavy atom. The summed E-state index contributed by atoms with van der Waals surface area (Å²) in [5, 5.41) is 0. The number of hydrogen-bond acceptors (Lipinski definition) is 2. The Hall–Kier alpha value is -0.283. The molecule has 3 heteroatoms. The molecule has 1 saturated carbocycles. The summed E-state index contributed by atoms with van der Waals surface area (Å²) in [6.07, 6.45) is 10.6. The molecule has 0 N–H and O–H groups in total. The van der Waals surface area contributed by atoms with Crippen LogP contribution < -0.4 is 0 Å². The van der Waals surface area contributed by atoms with Crippen LogP contribution in [0, 0.1) is 5.92 Å². The van der Waals surface area contributed by atoms with Gasteiger partial charge in [-0.1, -0.05) is 25.7 Å². The summed E-state index contributed by atoms with van der Waals surface area (Å²) < 4.78 is 11.2. The van der Waals surface area contributed by atoms with Crippen molar-refractivity contribution in [2.24, 2.45) is 5.92 Å². The first-order valence-corrected chi connectivity index (χ1v) is 8.36. The predicted octanol–water partition coefficient (Wildman–Crippen LogP) is 4.03. The highest BCUT2D eigenvalue weighted by atomic mass is 28.3. The van der Waals surface area contributed by atoms with Gasteiger partial charge in [-0.2, -0.15) is 0 Å². The van der Waals surface area contributed by atoms with E-state index >= 15 is 0 Å². The molecule has 0 aromatic carbocycles. The van der Waals surface area contributed by atoms with Gasteiger partial charge in [0, 0.05) is 6.61 Å². The Morgan fingerprint density at radius 3 is 2.44 bits per heavy atom. The van der Waals surface area contributed by atoms with Crippen LogP contribution in [0.15, 0.2) is 11.8 Å². The summed E-state index contributed by atoms with van der Waals surface area (Å²) in [7, 11) is -1.07. The number of allylic oxidation sites excluding steroid dienone is 2. The summed E-state index contributed by atoms with van der Waals surface area (Å²) in [6.45, 7) is 6.89. The van der Waals surface area contributed by atoms with Gasteiger partial charge in [0.25, 0.3) is 0 Å². The SMILES string of the molecule is CCO[Si](C)OC(C)=CC1CCCCCC1. The van der Waals surface area contributed by atoms with Gasteiger partial charge in [0.1, 0.15) is 0 Å². The highest BCUT2D eigenvalue weighted by Gasteiger charge is 2.13. The minimum Gasteiger partial charge on any atom is -0.523 e. The molecular weight excluding hydrogens is 216 g/mol. The van der Waals surface area contributed by atoms with Gasteiger partial charge in [0.05, 0.1) is 5.76 Å². The lowest BCUT2D eigenvalue weighted by molar-refractivity contribution is 0.252. The lowest BCUT2D eigenvalue weighted by Crippen LogP contribution is -2.17. The van der Waals surface area contributed by atoms with Gasteiger partial charge in [0.15, 0.2) is 0 Å². The third-order valence-electron chi connectivity index (χ3n) is 3.02. The molecule has 1 aliphatic rings. The molecule has 0 aromatic heterocycles. The van der Waals surface area contributed by atoms with E-state index in [0.717, 1.165) is 18.3 Å². The molecule has 0 aliphatic heterocycles. The van der Waals surface area contributed by atoms with Gasteiger partial charge in [0.2, 0.25) is 0 Å². The van der Waals surface area contributed by atoms with Crippen molar-refractivity contribution in [1.29, 1.82) is 0 Å². The maximum atomic E-state index is 5.78. The van der Waals surface area contributed by atoms with Gasteiger partial charge in [-0.3, -0.25) is 0 Å². The Labute approximate surface area is 102 Å². The lowest BCUT2D eigenvalue weighted by atomic mass is 10.00. The maximum Gasteiger partial charge on any atom is 0.454 e. The molecule has 16 heavy (non-hydrogen) atoms. The van der Waals surface area contributed by atoms with Gasteiger partial charge < -0.3 is 8.85 Å². The van der Waals surface area contributed by atoms with E-state index in [1.807, 2.05) is 6.92 Å². The number of hydrogen-bond donors (Lipinski definition) is 0. The topological polar surface area (TPSA) is 18.5 Å². The summed E-state index contributed by atoms with van der Waals surface area (Å²) >= 11 is 0. The average Bonchev–Trinajstić information content (AvgIpc) is 2.46. The normalized spacial score (nSPS) is 19.9. The van der Waals surface area contributed by atoms with Crippen LogP contribution >= 0.6 is 0 Å². The van der Waals surface area contributed by atoms with Crippen molar-refractivity contribution in [3.8, 4) is 0 Å². The smallest absolute Gasteiger partial charge is 0.454 e. The zero-order chi connectivity index (χ0) is 11.8. The maximum absolute atomic E-state index is 5.78. The molecule has 0 spiro atoms. The highest BCUT2D eigenvalue weighted by Crippen LogP contribution is 2.25. The molecule has 0 atom stereocenters. The molecule has 93 valence electrons. The van der Waals surface area contributed by atoms with E-state index in [0.29, 0.717) is 0 Å². The molecule has 1 aliphatic carbocycles. The van der Waals surface area contributed by atoms with E-state index in [4.69, 9.17) is 8.85 Å². The first-order chi connectivity index (χ1) is 7.72. The van der Waals surface area contributed by atoms with Gasteiger partial charge in [-0.05, 0) is 45.2 Å². The zero-order valence-corrected chi connectivity index (χ0v) is 11.9. The van der Waals surface area contributed by atoms with Crippen molar-refractivity contribution in [3.05, 3.63) is 11.8 Å². The quantitative estimate of drug-likeness (QED) is 0.411. The zero-order valence-electron chi connectivity index (χ0n) is 10.9. The van der Waals surface area contributed by atoms with Crippen LogP contribution in [0.2, 0.25) is 6.55 Å². The van der Waals surface area contributed by atoms with Gasteiger partial charge in [-0.15, -0.1) is 0 Å². The molecule has 1 rings (SSSR count). The van der Waals surface area contributed by atoms with Crippen LogP contribution in [0.3, 0.4) is 0 Å². The Kier molecular flexibility index (Phi) is 6.81. The van der Waals surface area contributed by atoms with Crippen LogP contribution in [0.1, 0.15) is 52.4 Å². The molecular formula is C13H25O2Si. The van der Waals surface area contributed by atoms with Crippen LogP contribution in [0.5, 0.6) is 0 Å². The molecule has 0 heterocycles. The summed E-state index contributed by atoms with van der Waals surface area (Å²) in [4.78, 5) is 0. The van der Waals surface area contributed by atoms with Crippen LogP contribution in [-0.2, 0) is 8.85 Å². The van der Waals surface area contributed by atoms with E-state index in [-0.39, 0.29) is 0 Å². The summed E-state index contributed by atoms with van der Waals surface area (Å²) in [6, 6.07) is 0. The van der Waals surface area contributed by atoms with E-state index in [9.17, 15) is 0 Å². The molecule has 0 bridgehead atoms. The fraction of sp³-hybridized carbons (Fsp3) is 0.846. The highest BCUT2D eigenvalue weighted by molar-refractivity contribution is 6.42. The third-order valence-corrected chi connectivity index (χ3v) is 4.33.